The molecular weight excluding hydrogens is 300 g/mol. The number of thioether (sulfide) groups is 1. The van der Waals surface area contributed by atoms with Gasteiger partial charge in [0.15, 0.2) is 0 Å². The number of carbonyl (C=O) groups is 1. The Kier molecular flexibility index (Phi) is 9.42. The van der Waals surface area contributed by atoms with Crippen LogP contribution in [-0.4, -0.2) is 30.9 Å². The lowest BCUT2D eigenvalue weighted by atomic mass is 10.1. The minimum Gasteiger partial charge on any atom is -0.501 e. The lowest BCUT2D eigenvalue weighted by molar-refractivity contribution is -0.140. The molecule has 1 aromatic rings. The van der Waals surface area contributed by atoms with Crippen molar-refractivity contribution in [3.63, 3.8) is 0 Å². The van der Waals surface area contributed by atoms with Crippen LogP contribution < -0.4 is 0 Å². The molecule has 0 aliphatic carbocycles. The van der Waals surface area contributed by atoms with Crippen LogP contribution in [0.25, 0.3) is 0 Å². The van der Waals surface area contributed by atoms with E-state index in [1.54, 1.807) is 6.26 Å². The SMILES string of the molecule is CCOC=C(Sc1ccccc1)C(O)CCCCC(=O)OC. The van der Waals surface area contributed by atoms with Gasteiger partial charge in [0.2, 0.25) is 0 Å². The average Bonchev–Trinajstić information content (AvgIpc) is 2.55. The molecule has 1 aromatic carbocycles. The summed E-state index contributed by atoms with van der Waals surface area (Å²) in [7, 11) is 1.39. The van der Waals surface area contributed by atoms with Gasteiger partial charge < -0.3 is 14.6 Å². The van der Waals surface area contributed by atoms with E-state index < -0.39 is 6.10 Å². The van der Waals surface area contributed by atoms with E-state index in [9.17, 15) is 9.90 Å². The van der Waals surface area contributed by atoms with E-state index in [-0.39, 0.29) is 5.97 Å². The first kappa shape index (κ1) is 18.6. The highest BCUT2D eigenvalue weighted by Gasteiger charge is 2.13. The first-order valence-corrected chi connectivity index (χ1v) is 8.28. The van der Waals surface area contributed by atoms with Crippen molar-refractivity contribution in [3.05, 3.63) is 41.5 Å². The van der Waals surface area contributed by atoms with Crippen LogP contribution >= 0.6 is 11.8 Å². The maximum absolute atomic E-state index is 11.1. The van der Waals surface area contributed by atoms with E-state index in [4.69, 9.17) is 4.74 Å². The predicted molar refractivity (Wildman–Crippen MR) is 88.5 cm³/mol. The van der Waals surface area contributed by atoms with Crippen molar-refractivity contribution in [2.24, 2.45) is 0 Å². The van der Waals surface area contributed by atoms with Gasteiger partial charge in [0, 0.05) is 11.3 Å². The quantitative estimate of drug-likeness (QED) is 0.307. The number of carbonyl (C=O) groups excluding carboxylic acids is 1. The van der Waals surface area contributed by atoms with Gasteiger partial charge in [0.25, 0.3) is 0 Å². The van der Waals surface area contributed by atoms with Gasteiger partial charge in [-0.15, -0.1) is 0 Å². The van der Waals surface area contributed by atoms with Crippen LogP contribution in [0.15, 0.2) is 46.4 Å². The van der Waals surface area contributed by atoms with Gasteiger partial charge in [-0.25, -0.2) is 0 Å². The molecule has 0 saturated heterocycles. The summed E-state index contributed by atoms with van der Waals surface area (Å²) in [6, 6.07) is 9.87. The first-order chi connectivity index (χ1) is 10.7. The second kappa shape index (κ2) is 11.2. The predicted octanol–water partition coefficient (Wildman–Crippen LogP) is 3.75. The Balaban J connectivity index is 2.50. The summed E-state index contributed by atoms with van der Waals surface area (Å²) in [5.74, 6) is -0.210. The van der Waals surface area contributed by atoms with E-state index >= 15 is 0 Å². The molecule has 1 rings (SSSR count). The van der Waals surface area contributed by atoms with Crippen LogP contribution in [0.5, 0.6) is 0 Å². The molecule has 0 amide bonds. The van der Waals surface area contributed by atoms with E-state index in [1.807, 2.05) is 37.3 Å². The summed E-state index contributed by atoms with van der Waals surface area (Å²) >= 11 is 1.50. The fourth-order valence-electron chi connectivity index (χ4n) is 1.81. The van der Waals surface area contributed by atoms with Gasteiger partial charge in [0.05, 0.1) is 31.0 Å². The molecule has 0 fully saturated rings. The normalized spacial score (nSPS) is 12.8. The second-order valence-corrected chi connectivity index (χ2v) is 5.88. The zero-order chi connectivity index (χ0) is 16.2. The highest BCUT2D eigenvalue weighted by Crippen LogP contribution is 2.30. The molecule has 0 saturated carbocycles. The van der Waals surface area contributed by atoms with Crippen LogP contribution in [0.3, 0.4) is 0 Å². The molecule has 1 N–H and O–H groups in total. The Morgan fingerprint density at radius 1 is 1.32 bits per heavy atom. The molecule has 1 atom stereocenters. The number of hydrogen-bond donors (Lipinski definition) is 1. The first-order valence-electron chi connectivity index (χ1n) is 7.46. The summed E-state index contributed by atoms with van der Waals surface area (Å²) in [5, 5.41) is 10.3. The molecule has 0 aromatic heterocycles. The Hall–Kier alpha value is -1.46. The molecule has 0 aliphatic rings. The number of esters is 1. The Labute approximate surface area is 136 Å². The third kappa shape index (κ3) is 7.52. The maximum atomic E-state index is 11.1. The van der Waals surface area contributed by atoms with E-state index in [1.165, 1.54) is 18.9 Å². The number of unbranched alkanes of at least 4 members (excludes halogenated alkanes) is 1. The largest absolute Gasteiger partial charge is 0.501 e. The van der Waals surface area contributed by atoms with Gasteiger partial charge in [0.1, 0.15) is 0 Å². The van der Waals surface area contributed by atoms with Gasteiger partial charge in [-0.3, -0.25) is 4.79 Å². The van der Waals surface area contributed by atoms with E-state index in [2.05, 4.69) is 4.74 Å². The van der Waals surface area contributed by atoms with Crippen molar-refractivity contribution in [3.8, 4) is 0 Å². The fourth-order valence-corrected chi connectivity index (χ4v) is 2.75. The molecular formula is C17H24O4S. The lowest BCUT2D eigenvalue weighted by Crippen LogP contribution is -2.09. The van der Waals surface area contributed by atoms with E-state index in [0.29, 0.717) is 25.9 Å². The molecule has 1 unspecified atom stereocenters. The molecule has 122 valence electrons. The minimum atomic E-state index is -0.589. The molecule has 0 heterocycles. The topological polar surface area (TPSA) is 55.8 Å². The third-order valence-corrected chi connectivity index (χ3v) is 4.12. The van der Waals surface area contributed by atoms with Crippen molar-refractivity contribution in [1.29, 1.82) is 0 Å². The van der Waals surface area contributed by atoms with Crippen molar-refractivity contribution >= 4 is 17.7 Å². The number of aliphatic hydroxyl groups is 1. The van der Waals surface area contributed by atoms with Crippen molar-refractivity contribution in [2.45, 2.75) is 43.6 Å². The summed E-state index contributed by atoms with van der Waals surface area (Å²) in [4.78, 5) is 12.9. The summed E-state index contributed by atoms with van der Waals surface area (Å²) in [6.45, 7) is 2.47. The number of rotatable bonds is 10. The molecule has 0 spiro atoms. The molecule has 0 aliphatic heterocycles. The zero-order valence-corrected chi connectivity index (χ0v) is 14.0. The van der Waals surface area contributed by atoms with Gasteiger partial charge >= 0.3 is 5.97 Å². The molecule has 22 heavy (non-hydrogen) atoms. The van der Waals surface area contributed by atoms with Gasteiger partial charge in [-0.1, -0.05) is 30.0 Å². The Morgan fingerprint density at radius 2 is 2.05 bits per heavy atom. The van der Waals surface area contributed by atoms with Gasteiger partial charge in [-0.2, -0.15) is 0 Å². The smallest absolute Gasteiger partial charge is 0.305 e. The molecule has 0 bridgehead atoms. The number of aliphatic hydroxyl groups excluding tert-OH is 1. The molecule has 5 heteroatoms. The third-order valence-electron chi connectivity index (χ3n) is 3.01. The van der Waals surface area contributed by atoms with Crippen LogP contribution in [0.2, 0.25) is 0 Å². The molecule has 4 nitrogen and oxygen atoms in total. The van der Waals surface area contributed by atoms with Crippen molar-refractivity contribution in [2.75, 3.05) is 13.7 Å². The monoisotopic (exact) mass is 324 g/mol. The van der Waals surface area contributed by atoms with Crippen LogP contribution in [0, 0.1) is 0 Å². The van der Waals surface area contributed by atoms with Crippen LogP contribution in [-0.2, 0) is 14.3 Å². The van der Waals surface area contributed by atoms with Crippen molar-refractivity contribution < 1.29 is 19.4 Å². The summed E-state index contributed by atoms with van der Waals surface area (Å²) in [6.07, 6.45) is 3.49. The number of hydrogen-bond acceptors (Lipinski definition) is 5. The zero-order valence-electron chi connectivity index (χ0n) is 13.2. The van der Waals surface area contributed by atoms with Crippen LogP contribution in [0.1, 0.15) is 32.6 Å². The summed E-state index contributed by atoms with van der Waals surface area (Å²) < 4.78 is 9.93. The molecule has 0 radical (unpaired) electrons. The Bertz CT molecular complexity index is 459. The summed E-state index contributed by atoms with van der Waals surface area (Å²) in [5.41, 5.74) is 0. The number of methoxy groups -OCH3 is 1. The average molecular weight is 324 g/mol. The fraction of sp³-hybridized carbons (Fsp3) is 0.471. The van der Waals surface area contributed by atoms with Crippen LogP contribution in [0.4, 0.5) is 0 Å². The highest BCUT2D eigenvalue weighted by molar-refractivity contribution is 8.03. The second-order valence-electron chi connectivity index (χ2n) is 4.73. The number of ether oxygens (including phenoxy) is 2. The highest BCUT2D eigenvalue weighted by atomic mass is 32.2. The Morgan fingerprint density at radius 3 is 2.68 bits per heavy atom. The van der Waals surface area contributed by atoms with Crippen molar-refractivity contribution in [1.82, 2.24) is 0 Å². The van der Waals surface area contributed by atoms with E-state index in [0.717, 1.165) is 16.2 Å². The van der Waals surface area contributed by atoms with Gasteiger partial charge in [-0.05, 0) is 38.3 Å². The maximum Gasteiger partial charge on any atom is 0.305 e. The lowest BCUT2D eigenvalue weighted by Gasteiger charge is -2.14. The minimum absolute atomic E-state index is 0.210. The standard InChI is InChI=1S/C17H24O4S/c1-3-21-13-16(22-14-9-5-4-6-10-14)15(18)11-7-8-12-17(19)20-2/h4-6,9-10,13,15,18H,3,7-8,11-12H2,1-2H3. The number of benzene rings is 1.